The molecule has 7 heteroatoms. The Balaban J connectivity index is 1.74. The van der Waals surface area contributed by atoms with Crippen LogP contribution in [0.4, 0.5) is 17.1 Å². The number of nitrogens with zero attached hydrogens (tertiary/aromatic N) is 4. The molecule has 0 amide bonds. The third kappa shape index (κ3) is 4.37. The number of anilines is 3. The monoisotopic (exact) mass is 572 g/mol. The molecule has 0 bridgehead atoms. The average molecular weight is 573 g/mol. The van der Waals surface area contributed by atoms with E-state index in [0.717, 1.165) is 28.3 Å². The van der Waals surface area contributed by atoms with Crippen molar-refractivity contribution < 1.29 is 9.53 Å². The predicted molar refractivity (Wildman–Crippen MR) is 173 cm³/mol. The topological polar surface area (TPSA) is 48.4 Å². The van der Waals surface area contributed by atoms with Gasteiger partial charge in [-0.3, -0.25) is 9.69 Å². The highest BCUT2D eigenvalue weighted by Gasteiger charge is 2.69. The number of hydrogen-bond acceptors (Lipinski definition) is 6. The lowest BCUT2D eigenvalue weighted by atomic mass is 9.88. The molecular weight excluding hydrogens is 540 g/mol. The van der Waals surface area contributed by atoms with Crippen LogP contribution in [0, 0.1) is 11.8 Å². The molecule has 4 aromatic carbocycles. The Hall–Kier alpha value is -4.75. The number of thiocarbonyl (C=S) groups is 1. The van der Waals surface area contributed by atoms with Gasteiger partial charge in [0.2, 0.25) is 5.66 Å². The van der Waals surface area contributed by atoms with Gasteiger partial charge >= 0.3 is 5.97 Å². The molecule has 0 unspecified atom stereocenters. The van der Waals surface area contributed by atoms with Crippen molar-refractivity contribution in [2.24, 2.45) is 16.9 Å². The van der Waals surface area contributed by atoms with Crippen molar-refractivity contribution in [3.8, 4) is 0 Å². The number of para-hydroxylation sites is 3. The van der Waals surface area contributed by atoms with Crippen LogP contribution in [0.15, 0.2) is 138 Å². The number of amidine groups is 1. The van der Waals surface area contributed by atoms with Crippen molar-refractivity contribution in [2.75, 3.05) is 21.9 Å². The predicted octanol–water partition coefficient (Wildman–Crippen LogP) is 7.25. The van der Waals surface area contributed by atoms with Crippen LogP contribution in [0.1, 0.15) is 19.4 Å². The second kappa shape index (κ2) is 11.3. The molecular formula is C35H32N4O2S. The molecule has 0 radical (unpaired) electrons. The Morgan fingerprint density at radius 2 is 1.31 bits per heavy atom. The van der Waals surface area contributed by atoms with Crippen LogP contribution in [0.3, 0.4) is 0 Å². The molecule has 6 nitrogen and oxygen atoms in total. The van der Waals surface area contributed by atoms with Crippen LogP contribution in [0.5, 0.6) is 0 Å². The summed E-state index contributed by atoms with van der Waals surface area (Å²) in [6.07, 6.45) is 2.11. The third-order valence-corrected chi connectivity index (χ3v) is 8.03. The van der Waals surface area contributed by atoms with E-state index in [0.29, 0.717) is 10.8 Å². The summed E-state index contributed by atoms with van der Waals surface area (Å²) in [5.41, 5.74) is 2.91. The zero-order valence-electron chi connectivity index (χ0n) is 23.8. The maximum atomic E-state index is 14.2. The first-order valence-electron chi connectivity index (χ1n) is 14.0. The van der Waals surface area contributed by atoms with Crippen LogP contribution in [0.25, 0.3) is 0 Å². The van der Waals surface area contributed by atoms with Crippen molar-refractivity contribution in [1.82, 2.24) is 0 Å². The highest BCUT2D eigenvalue weighted by atomic mass is 32.1. The zero-order chi connectivity index (χ0) is 29.3. The summed E-state index contributed by atoms with van der Waals surface area (Å²) in [4.78, 5) is 18.9. The van der Waals surface area contributed by atoms with E-state index in [4.69, 9.17) is 22.1 Å². The summed E-state index contributed by atoms with van der Waals surface area (Å²) < 4.78 is 5.60. The van der Waals surface area contributed by atoms with Gasteiger partial charge < -0.3 is 9.64 Å². The SMILES string of the molecule is COC(=O)[C@@H]1/C(=C\C(C)C)N(c2ccccc2)C(=S)[C@]12N(c1ccccc1)N=C(c1ccccc1)N2c1ccccc1. The smallest absolute Gasteiger partial charge is 0.319 e. The van der Waals surface area contributed by atoms with E-state index in [2.05, 4.69) is 24.8 Å². The van der Waals surface area contributed by atoms with Crippen LogP contribution < -0.4 is 14.8 Å². The van der Waals surface area contributed by atoms with Gasteiger partial charge in [-0.1, -0.05) is 117 Å². The van der Waals surface area contributed by atoms with E-state index in [9.17, 15) is 4.79 Å². The summed E-state index contributed by atoms with van der Waals surface area (Å²) in [7, 11) is 1.44. The van der Waals surface area contributed by atoms with Gasteiger partial charge in [-0.05, 0) is 42.3 Å². The molecule has 6 rings (SSSR count). The van der Waals surface area contributed by atoms with Gasteiger partial charge in [-0.15, -0.1) is 0 Å². The number of ether oxygens (including phenoxy) is 1. The van der Waals surface area contributed by atoms with Crippen LogP contribution in [-0.2, 0) is 9.53 Å². The molecule has 2 aliphatic rings. The fourth-order valence-corrected chi connectivity index (χ4v) is 6.41. The Morgan fingerprint density at radius 3 is 1.83 bits per heavy atom. The molecule has 2 aliphatic heterocycles. The second-order valence-electron chi connectivity index (χ2n) is 10.6. The number of rotatable bonds is 6. The number of hydrazone groups is 1. The second-order valence-corrected chi connectivity index (χ2v) is 11.0. The molecule has 1 fully saturated rings. The maximum absolute atomic E-state index is 14.2. The molecule has 1 spiro atoms. The van der Waals surface area contributed by atoms with Gasteiger partial charge in [0.1, 0.15) is 10.9 Å². The normalized spacial score (nSPS) is 21.0. The first-order valence-corrected chi connectivity index (χ1v) is 14.4. The van der Waals surface area contributed by atoms with Gasteiger partial charge in [0.05, 0.1) is 12.8 Å². The lowest BCUT2D eigenvalue weighted by molar-refractivity contribution is -0.145. The average Bonchev–Trinajstić information content (AvgIpc) is 3.50. The molecule has 210 valence electrons. The van der Waals surface area contributed by atoms with Gasteiger partial charge in [-0.25, -0.2) is 5.01 Å². The van der Waals surface area contributed by atoms with E-state index >= 15 is 0 Å². The summed E-state index contributed by atoms with van der Waals surface area (Å²) in [6, 6.07) is 39.9. The van der Waals surface area contributed by atoms with E-state index in [-0.39, 0.29) is 5.92 Å². The molecule has 0 aromatic heterocycles. The molecule has 4 aromatic rings. The molecule has 2 atom stereocenters. The summed E-state index contributed by atoms with van der Waals surface area (Å²) in [6.45, 7) is 4.20. The fraction of sp³-hybridized carbons (Fsp3) is 0.171. The number of hydrogen-bond donors (Lipinski definition) is 0. The fourth-order valence-electron chi connectivity index (χ4n) is 5.90. The van der Waals surface area contributed by atoms with Crippen molar-refractivity contribution in [2.45, 2.75) is 19.5 Å². The quantitative estimate of drug-likeness (QED) is 0.179. The van der Waals surface area contributed by atoms with E-state index in [1.165, 1.54) is 7.11 Å². The van der Waals surface area contributed by atoms with Gasteiger partial charge in [0.15, 0.2) is 5.84 Å². The first-order chi connectivity index (χ1) is 20.5. The van der Waals surface area contributed by atoms with Gasteiger partial charge in [-0.2, -0.15) is 5.10 Å². The molecule has 1 saturated heterocycles. The Morgan fingerprint density at radius 1 is 0.810 bits per heavy atom. The lowest BCUT2D eigenvalue weighted by Crippen LogP contribution is -2.65. The molecule has 0 aliphatic carbocycles. The van der Waals surface area contributed by atoms with Crippen molar-refractivity contribution >= 4 is 46.1 Å². The zero-order valence-corrected chi connectivity index (χ0v) is 24.6. The van der Waals surface area contributed by atoms with E-state index in [1.54, 1.807) is 0 Å². The summed E-state index contributed by atoms with van der Waals surface area (Å²) >= 11 is 6.55. The van der Waals surface area contributed by atoms with Crippen LogP contribution >= 0.6 is 12.2 Å². The molecule has 42 heavy (non-hydrogen) atoms. The molecule has 0 N–H and O–H groups in total. The standard InChI is InChI=1S/C35H32N4O2S/c1-25(2)24-30-31(33(40)41-3)35(34(42)37(30)27-18-10-5-11-19-27)38(28-20-12-6-13-21-28)32(26-16-8-4-9-17-26)36-39(35)29-22-14-7-15-23-29/h4-25,31H,1-3H3/b30-24+/t31-,35+/m0/s1. The summed E-state index contributed by atoms with van der Waals surface area (Å²) in [5, 5.41) is 7.23. The molecule has 0 saturated carbocycles. The summed E-state index contributed by atoms with van der Waals surface area (Å²) in [5.74, 6) is -0.430. The largest absolute Gasteiger partial charge is 0.468 e. The lowest BCUT2D eigenvalue weighted by Gasteiger charge is -2.44. The van der Waals surface area contributed by atoms with E-state index in [1.807, 2.05) is 131 Å². The number of carbonyl (C=O) groups excluding carboxylic acids is 1. The minimum atomic E-state index is -1.28. The van der Waals surface area contributed by atoms with E-state index < -0.39 is 17.6 Å². The van der Waals surface area contributed by atoms with Crippen LogP contribution in [-0.4, -0.2) is 29.6 Å². The third-order valence-electron chi connectivity index (χ3n) is 7.55. The van der Waals surface area contributed by atoms with Crippen molar-refractivity contribution in [3.05, 3.63) is 139 Å². The van der Waals surface area contributed by atoms with Crippen molar-refractivity contribution in [1.29, 1.82) is 0 Å². The van der Waals surface area contributed by atoms with Crippen molar-refractivity contribution in [3.63, 3.8) is 0 Å². The van der Waals surface area contributed by atoms with Gasteiger partial charge in [0.25, 0.3) is 0 Å². The number of methoxy groups -OCH3 is 1. The minimum Gasteiger partial charge on any atom is -0.468 e. The maximum Gasteiger partial charge on any atom is 0.319 e. The number of carbonyl (C=O) groups is 1. The first kappa shape index (κ1) is 27.4. The Kier molecular flexibility index (Phi) is 7.35. The van der Waals surface area contributed by atoms with Gasteiger partial charge in [0, 0.05) is 22.6 Å². The number of allylic oxidation sites excluding steroid dienone is 1. The Labute approximate surface area is 252 Å². The van der Waals surface area contributed by atoms with Crippen LogP contribution in [0.2, 0.25) is 0 Å². The number of benzene rings is 4. The minimum absolute atomic E-state index is 0.127. The highest BCUT2D eigenvalue weighted by molar-refractivity contribution is 7.81. The highest BCUT2D eigenvalue weighted by Crippen LogP contribution is 2.53. The number of esters is 1. The molecule has 2 heterocycles. The Bertz CT molecular complexity index is 1640.